The van der Waals surface area contributed by atoms with Crippen molar-refractivity contribution in [2.45, 2.75) is 39.1 Å². The molecule has 0 fully saturated rings. The number of fused-ring (bicyclic) bond motifs is 1. The maximum Gasteiger partial charge on any atom is 0.573 e. The van der Waals surface area contributed by atoms with Crippen molar-refractivity contribution in [2.75, 3.05) is 6.54 Å². The summed E-state index contributed by atoms with van der Waals surface area (Å²) in [6, 6.07) is 10.5. The highest BCUT2D eigenvalue weighted by Crippen LogP contribution is 2.37. The molecular formula is C21H20F3N3O4. The standard InChI is InChI=1S/C21H20F3N3O4/c1-12-25-18(31-26-12)11-27-19(28)16-10-14(6-9-17(16)30-20(27,2)3)13-4-7-15(8-5-13)29-21(22,23)24/h4-10,18H,11H2,1-3H3,(H,25,26). The monoisotopic (exact) mass is 435 g/mol. The van der Waals surface area contributed by atoms with Crippen LogP contribution < -0.4 is 14.8 Å². The molecule has 0 spiro atoms. The highest BCUT2D eigenvalue weighted by atomic mass is 19.4. The van der Waals surface area contributed by atoms with E-state index in [1.54, 1.807) is 43.9 Å². The summed E-state index contributed by atoms with van der Waals surface area (Å²) in [5.41, 5.74) is 0.724. The van der Waals surface area contributed by atoms with E-state index >= 15 is 0 Å². The lowest BCUT2D eigenvalue weighted by atomic mass is 9.99. The molecule has 1 amide bonds. The van der Waals surface area contributed by atoms with Gasteiger partial charge in [-0.1, -0.05) is 23.4 Å². The molecule has 1 atom stereocenters. The molecule has 2 aliphatic rings. The fraction of sp³-hybridized carbons (Fsp3) is 0.333. The number of ether oxygens (including phenoxy) is 2. The molecule has 1 unspecified atom stereocenters. The number of hydrogen-bond acceptors (Lipinski definition) is 6. The third-order valence-electron chi connectivity index (χ3n) is 4.92. The molecule has 0 bridgehead atoms. The average molecular weight is 435 g/mol. The second kappa shape index (κ2) is 7.36. The van der Waals surface area contributed by atoms with Crippen LogP contribution in [0.25, 0.3) is 11.1 Å². The molecular weight excluding hydrogens is 415 g/mol. The molecule has 0 aliphatic carbocycles. The lowest BCUT2D eigenvalue weighted by molar-refractivity contribution is -0.274. The maximum atomic E-state index is 13.3. The normalized spacial score (nSPS) is 19.7. The smallest absolute Gasteiger partial charge is 0.468 e. The molecule has 164 valence electrons. The SMILES string of the molecule is CC1=NOC(CN2C(=O)c3cc(-c4ccc(OC(F)(F)F)cc4)ccc3OC2(C)C)N1. The van der Waals surface area contributed by atoms with Crippen LogP contribution in [0.5, 0.6) is 11.5 Å². The van der Waals surface area contributed by atoms with Crippen LogP contribution in [0.1, 0.15) is 31.1 Å². The first-order chi connectivity index (χ1) is 14.5. The van der Waals surface area contributed by atoms with Crippen LogP contribution in [-0.2, 0) is 4.84 Å². The van der Waals surface area contributed by atoms with Gasteiger partial charge in [0.25, 0.3) is 5.91 Å². The number of rotatable bonds is 4. The van der Waals surface area contributed by atoms with Gasteiger partial charge in [0, 0.05) is 0 Å². The minimum Gasteiger partial charge on any atom is -0.468 e. The second-order valence-corrected chi connectivity index (χ2v) is 7.66. The predicted octanol–water partition coefficient (Wildman–Crippen LogP) is 4.10. The van der Waals surface area contributed by atoms with E-state index in [-0.39, 0.29) is 18.2 Å². The minimum absolute atomic E-state index is 0.208. The molecule has 0 aromatic heterocycles. The van der Waals surface area contributed by atoms with E-state index in [9.17, 15) is 18.0 Å². The van der Waals surface area contributed by atoms with Crippen molar-refractivity contribution in [3.8, 4) is 22.6 Å². The average Bonchev–Trinajstić information content (AvgIpc) is 3.09. The number of amidine groups is 1. The molecule has 10 heteroatoms. The van der Waals surface area contributed by atoms with Gasteiger partial charge in [0.2, 0.25) is 6.23 Å². The van der Waals surface area contributed by atoms with Gasteiger partial charge in [0.05, 0.1) is 12.1 Å². The third-order valence-corrected chi connectivity index (χ3v) is 4.92. The summed E-state index contributed by atoms with van der Waals surface area (Å²) in [7, 11) is 0. The third kappa shape index (κ3) is 4.37. The van der Waals surface area contributed by atoms with E-state index in [2.05, 4.69) is 15.2 Å². The van der Waals surface area contributed by atoms with E-state index in [1.165, 1.54) is 24.3 Å². The van der Waals surface area contributed by atoms with Crippen LogP contribution in [0.3, 0.4) is 0 Å². The van der Waals surface area contributed by atoms with Crippen LogP contribution in [0.4, 0.5) is 13.2 Å². The summed E-state index contributed by atoms with van der Waals surface area (Å²) in [5.74, 6) is 0.483. The summed E-state index contributed by atoms with van der Waals surface area (Å²) < 4.78 is 47.0. The Morgan fingerprint density at radius 1 is 1.16 bits per heavy atom. The summed E-state index contributed by atoms with van der Waals surface area (Å²) in [4.78, 5) is 20.1. The minimum atomic E-state index is -4.76. The number of oxime groups is 1. The van der Waals surface area contributed by atoms with Crippen molar-refractivity contribution in [3.05, 3.63) is 48.0 Å². The second-order valence-electron chi connectivity index (χ2n) is 7.66. The maximum absolute atomic E-state index is 13.3. The first-order valence-corrected chi connectivity index (χ1v) is 9.50. The van der Waals surface area contributed by atoms with E-state index in [0.29, 0.717) is 28.3 Å². The van der Waals surface area contributed by atoms with Gasteiger partial charge in [0.1, 0.15) is 17.3 Å². The Labute approximate surface area is 176 Å². The van der Waals surface area contributed by atoms with Crippen molar-refractivity contribution in [2.24, 2.45) is 5.16 Å². The van der Waals surface area contributed by atoms with E-state index < -0.39 is 18.3 Å². The fourth-order valence-corrected chi connectivity index (χ4v) is 3.50. The zero-order valence-electron chi connectivity index (χ0n) is 17.0. The van der Waals surface area contributed by atoms with Crippen molar-refractivity contribution in [1.29, 1.82) is 0 Å². The Morgan fingerprint density at radius 2 is 1.84 bits per heavy atom. The highest BCUT2D eigenvalue weighted by Gasteiger charge is 2.42. The molecule has 4 rings (SSSR count). The van der Waals surface area contributed by atoms with E-state index in [4.69, 9.17) is 9.57 Å². The molecule has 0 radical (unpaired) electrons. The number of halogens is 3. The topological polar surface area (TPSA) is 72.4 Å². The lowest BCUT2D eigenvalue weighted by Crippen LogP contribution is -2.58. The summed E-state index contributed by atoms with van der Waals surface area (Å²) >= 11 is 0. The van der Waals surface area contributed by atoms with Crippen molar-refractivity contribution < 1.29 is 32.3 Å². The molecule has 2 heterocycles. The Hall–Kier alpha value is -3.43. The summed E-state index contributed by atoms with van der Waals surface area (Å²) in [5, 5.41) is 6.86. The van der Waals surface area contributed by atoms with Gasteiger partial charge in [0.15, 0.2) is 5.72 Å². The van der Waals surface area contributed by atoms with Crippen molar-refractivity contribution in [1.82, 2.24) is 10.2 Å². The summed E-state index contributed by atoms with van der Waals surface area (Å²) in [6.07, 6.45) is -5.24. The van der Waals surface area contributed by atoms with Gasteiger partial charge in [-0.2, -0.15) is 0 Å². The zero-order valence-corrected chi connectivity index (χ0v) is 17.0. The number of carbonyl (C=O) groups is 1. The molecule has 0 saturated heterocycles. The first-order valence-electron chi connectivity index (χ1n) is 9.50. The van der Waals surface area contributed by atoms with Gasteiger partial charge in [-0.05, 0) is 56.2 Å². The number of benzene rings is 2. The summed E-state index contributed by atoms with van der Waals surface area (Å²) in [6.45, 7) is 5.53. The largest absolute Gasteiger partial charge is 0.573 e. The van der Waals surface area contributed by atoms with Crippen molar-refractivity contribution >= 4 is 11.7 Å². The zero-order chi connectivity index (χ0) is 22.4. The number of alkyl halides is 3. The van der Waals surface area contributed by atoms with Gasteiger partial charge >= 0.3 is 6.36 Å². The van der Waals surface area contributed by atoms with Crippen LogP contribution in [-0.4, -0.2) is 41.5 Å². The number of carbonyl (C=O) groups excluding carboxylic acids is 1. The Balaban J connectivity index is 1.59. The molecule has 31 heavy (non-hydrogen) atoms. The molecule has 2 aliphatic heterocycles. The number of hydrogen-bond donors (Lipinski definition) is 1. The highest BCUT2D eigenvalue weighted by molar-refractivity contribution is 5.99. The molecule has 1 N–H and O–H groups in total. The van der Waals surface area contributed by atoms with E-state index in [0.717, 1.165) is 0 Å². The lowest BCUT2D eigenvalue weighted by Gasteiger charge is -2.43. The van der Waals surface area contributed by atoms with Crippen LogP contribution >= 0.6 is 0 Å². The Morgan fingerprint density at radius 3 is 2.45 bits per heavy atom. The quantitative estimate of drug-likeness (QED) is 0.783. The van der Waals surface area contributed by atoms with E-state index in [1.807, 2.05) is 0 Å². The van der Waals surface area contributed by atoms with Crippen LogP contribution in [0.2, 0.25) is 0 Å². The number of nitrogens with one attached hydrogen (secondary N) is 1. The number of nitrogens with zero attached hydrogens (tertiary/aromatic N) is 2. The van der Waals surface area contributed by atoms with Gasteiger partial charge in [-0.3, -0.25) is 9.69 Å². The van der Waals surface area contributed by atoms with Gasteiger partial charge < -0.3 is 19.6 Å². The van der Waals surface area contributed by atoms with Crippen molar-refractivity contribution in [3.63, 3.8) is 0 Å². The van der Waals surface area contributed by atoms with Gasteiger partial charge in [-0.25, -0.2) is 0 Å². The molecule has 2 aromatic carbocycles. The molecule has 0 saturated carbocycles. The Bertz CT molecular complexity index is 1040. The Kier molecular flexibility index (Phi) is 4.95. The first kappa shape index (κ1) is 20.8. The fourth-order valence-electron chi connectivity index (χ4n) is 3.50. The molecule has 2 aromatic rings. The molecule has 7 nitrogen and oxygen atoms in total. The predicted molar refractivity (Wildman–Crippen MR) is 105 cm³/mol. The van der Waals surface area contributed by atoms with Gasteiger partial charge in [-0.15, -0.1) is 13.2 Å². The van der Waals surface area contributed by atoms with Crippen LogP contribution in [0.15, 0.2) is 47.6 Å². The number of amides is 1. The van der Waals surface area contributed by atoms with Crippen LogP contribution in [0, 0.1) is 0 Å².